The highest BCUT2D eigenvalue weighted by molar-refractivity contribution is 7.88. The molecule has 0 bridgehead atoms. The van der Waals surface area contributed by atoms with Gasteiger partial charge in [0.05, 0.1) is 32.0 Å². The first-order valence-corrected chi connectivity index (χ1v) is 7.74. The van der Waals surface area contributed by atoms with Gasteiger partial charge in [-0.15, -0.1) is 0 Å². The van der Waals surface area contributed by atoms with E-state index in [1.54, 1.807) is 12.1 Å². The average Bonchev–Trinajstić information content (AvgIpc) is 2.45. The Labute approximate surface area is 123 Å². The zero-order valence-electron chi connectivity index (χ0n) is 11.8. The number of esters is 2. The molecule has 8 heteroatoms. The Hall–Kier alpha value is -1.93. The third-order valence-electron chi connectivity index (χ3n) is 2.58. The van der Waals surface area contributed by atoms with E-state index in [4.69, 9.17) is 0 Å². The van der Waals surface area contributed by atoms with Crippen molar-refractivity contribution in [2.75, 3.05) is 20.8 Å². The first kappa shape index (κ1) is 17.1. The molecule has 0 aromatic heterocycles. The van der Waals surface area contributed by atoms with Gasteiger partial charge in [-0.2, -0.15) is 0 Å². The molecule has 7 nitrogen and oxygen atoms in total. The van der Waals surface area contributed by atoms with Crippen LogP contribution in [0.4, 0.5) is 0 Å². The van der Waals surface area contributed by atoms with E-state index < -0.39 is 22.0 Å². The lowest BCUT2D eigenvalue weighted by Crippen LogP contribution is -2.27. The topological polar surface area (TPSA) is 98.8 Å². The predicted molar refractivity (Wildman–Crippen MR) is 75.0 cm³/mol. The highest BCUT2D eigenvalue weighted by Gasteiger charge is 2.14. The molecule has 0 aliphatic heterocycles. The molecule has 0 radical (unpaired) electrons. The summed E-state index contributed by atoms with van der Waals surface area (Å²) in [5, 5.41) is 0. The maximum atomic E-state index is 11.8. The van der Waals surface area contributed by atoms with Gasteiger partial charge in [-0.25, -0.2) is 17.9 Å². The van der Waals surface area contributed by atoms with E-state index in [1.807, 2.05) is 0 Å². The average molecular weight is 315 g/mol. The number of ether oxygens (including phenoxy) is 2. The molecule has 116 valence electrons. The van der Waals surface area contributed by atoms with Gasteiger partial charge in [0.1, 0.15) is 0 Å². The van der Waals surface area contributed by atoms with E-state index >= 15 is 0 Å². The number of hydrogen-bond donors (Lipinski definition) is 1. The Morgan fingerprint density at radius 2 is 1.90 bits per heavy atom. The van der Waals surface area contributed by atoms with Gasteiger partial charge in [0, 0.05) is 6.54 Å². The van der Waals surface area contributed by atoms with E-state index in [2.05, 4.69) is 14.2 Å². The van der Waals surface area contributed by atoms with Gasteiger partial charge in [0.15, 0.2) is 0 Å². The van der Waals surface area contributed by atoms with E-state index in [-0.39, 0.29) is 24.3 Å². The Morgan fingerprint density at radius 3 is 2.52 bits per heavy atom. The van der Waals surface area contributed by atoms with Crippen LogP contribution in [0.15, 0.2) is 24.3 Å². The van der Waals surface area contributed by atoms with Gasteiger partial charge in [-0.3, -0.25) is 4.79 Å². The summed E-state index contributed by atoms with van der Waals surface area (Å²) in [6.45, 7) is -0.0360. The number of methoxy groups -OCH3 is 2. The van der Waals surface area contributed by atoms with Gasteiger partial charge in [-0.1, -0.05) is 12.1 Å². The monoisotopic (exact) mass is 315 g/mol. The third kappa shape index (κ3) is 5.92. The van der Waals surface area contributed by atoms with Crippen LogP contribution in [0.2, 0.25) is 0 Å². The molecular formula is C13H17NO6S. The molecule has 0 unspecified atom stereocenters. The molecule has 1 aromatic rings. The minimum Gasteiger partial charge on any atom is -0.469 e. The van der Waals surface area contributed by atoms with Crippen molar-refractivity contribution in [3.8, 4) is 0 Å². The fourth-order valence-electron chi connectivity index (χ4n) is 1.59. The number of carbonyl (C=O) groups excluding carboxylic acids is 2. The van der Waals surface area contributed by atoms with Crippen LogP contribution in [0.3, 0.4) is 0 Å². The van der Waals surface area contributed by atoms with Crippen LogP contribution in [-0.4, -0.2) is 41.1 Å². The second-order valence-electron chi connectivity index (χ2n) is 4.17. The number of rotatable bonds is 7. The van der Waals surface area contributed by atoms with Crippen LogP contribution in [0.25, 0.3) is 0 Å². The molecule has 0 heterocycles. The zero-order valence-corrected chi connectivity index (χ0v) is 12.6. The minimum absolute atomic E-state index is 0.0360. The van der Waals surface area contributed by atoms with Gasteiger partial charge >= 0.3 is 11.9 Å². The lowest BCUT2D eigenvalue weighted by molar-refractivity contribution is -0.140. The smallest absolute Gasteiger partial charge is 0.337 e. The second-order valence-corrected chi connectivity index (χ2v) is 5.98. The molecule has 1 aromatic carbocycles. The Balaban J connectivity index is 2.67. The summed E-state index contributed by atoms with van der Waals surface area (Å²) in [6, 6.07) is 6.15. The summed E-state index contributed by atoms with van der Waals surface area (Å²) < 4.78 is 35.0. The summed E-state index contributed by atoms with van der Waals surface area (Å²) in [5.41, 5.74) is 0.725. The Morgan fingerprint density at radius 1 is 1.19 bits per heavy atom. The van der Waals surface area contributed by atoms with Gasteiger partial charge < -0.3 is 9.47 Å². The van der Waals surface area contributed by atoms with E-state index in [0.29, 0.717) is 5.56 Å². The first-order chi connectivity index (χ1) is 9.88. The molecule has 1 rings (SSSR count). The van der Waals surface area contributed by atoms with Crippen LogP contribution < -0.4 is 4.72 Å². The fraction of sp³-hybridized carbons (Fsp3) is 0.385. The Bertz CT molecular complexity index is 611. The van der Waals surface area contributed by atoms with Crippen molar-refractivity contribution >= 4 is 22.0 Å². The third-order valence-corrected chi connectivity index (χ3v) is 3.94. The first-order valence-electron chi connectivity index (χ1n) is 6.09. The summed E-state index contributed by atoms with van der Waals surface area (Å²) in [5.74, 6) is -1.32. The van der Waals surface area contributed by atoms with E-state index in [1.165, 1.54) is 26.4 Å². The van der Waals surface area contributed by atoms with Crippen molar-refractivity contribution in [1.82, 2.24) is 4.72 Å². The molecule has 0 saturated heterocycles. The van der Waals surface area contributed by atoms with Crippen molar-refractivity contribution in [3.05, 3.63) is 35.4 Å². The summed E-state index contributed by atoms with van der Waals surface area (Å²) in [6.07, 6.45) is -0.0437. The summed E-state index contributed by atoms with van der Waals surface area (Å²) in [4.78, 5) is 22.3. The molecule has 0 aliphatic rings. The molecule has 21 heavy (non-hydrogen) atoms. The number of carbonyl (C=O) groups is 2. The van der Waals surface area contributed by atoms with Crippen molar-refractivity contribution in [3.63, 3.8) is 0 Å². The normalized spacial score (nSPS) is 11.0. The SMILES string of the molecule is COC(=O)CCNS(=O)(=O)Cc1cccc(C(=O)OC)c1. The van der Waals surface area contributed by atoms with Gasteiger partial charge in [0.2, 0.25) is 10.0 Å². The highest BCUT2D eigenvalue weighted by atomic mass is 32.2. The summed E-state index contributed by atoms with van der Waals surface area (Å²) >= 11 is 0. The van der Waals surface area contributed by atoms with Crippen molar-refractivity contribution < 1.29 is 27.5 Å². The summed E-state index contributed by atoms with van der Waals surface area (Å²) in [7, 11) is -1.12. The minimum atomic E-state index is -3.60. The molecule has 0 aliphatic carbocycles. The van der Waals surface area contributed by atoms with Crippen LogP contribution in [0.5, 0.6) is 0 Å². The molecule has 0 atom stereocenters. The van der Waals surface area contributed by atoms with Crippen LogP contribution >= 0.6 is 0 Å². The second kappa shape index (κ2) is 7.75. The van der Waals surface area contributed by atoms with Gasteiger partial charge in [-0.05, 0) is 17.7 Å². The van der Waals surface area contributed by atoms with Crippen LogP contribution in [0, 0.1) is 0 Å². The molecule has 0 spiro atoms. The van der Waals surface area contributed by atoms with Crippen LogP contribution in [0.1, 0.15) is 22.3 Å². The standard InChI is InChI=1S/C13H17NO6S/c1-19-12(15)6-7-14-21(17,18)9-10-4-3-5-11(8-10)13(16)20-2/h3-5,8,14H,6-7,9H2,1-2H3. The maximum absolute atomic E-state index is 11.8. The highest BCUT2D eigenvalue weighted by Crippen LogP contribution is 2.09. The predicted octanol–water partition coefficient (Wildman–Crippen LogP) is 0.456. The fourth-order valence-corrected chi connectivity index (χ4v) is 2.72. The van der Waals surface area contributed by atoms with Crippen molar-refractivity contribution in [1.29, 1.82) is 0 Å². The number of nitrogens with one attached hydrogen (secondary N) is 1. The largest absolute Gasteiger partial charge is 0.469 e. The van der Waals surface area contributed by atoms with E-state index in [9.17, 15) is 18.0 Å². The number of hydrogen-bond acceptors (Lipinski definition) is 6. The van der Waals surface area contributed by atoms with Crippen LogP contribution in [-0.2, 0) is 30.0 Å². The Kier molecular flexibility index (Phi) is 6.32. The number of sulfonamides is 1. The lowest BCUT2D eigenvalue weighted by atomic mass is 10.1. The van der Waals surface area contributed by atoms with Gasteiger partial charge in [0.25, 0.3) is 0 Å². The molecule has 0 fully saturated rings. The van der Waals surface area contributed by atoms with Crippen molar-refractivity contribution in [2.24, 2.45) is 0 Å². The molecule has 1 N–H and O–H groups in total. The van der Waals surface area contributed by atoms with Crippen molar-refractivity contribution in [2.45, 2.75) is 12.2 Å². The molecule has 0 amide bonds. The molecule has 0 saturated carbocycles. The van der Waals surface area contributed by atoms with E-state index in [0.717, 1.165) is 0 Å². The zero-order chi connectivity index (χ0) is 15.9. The quantitative estimate of drug-likeness (QED) is 0.734. The number of benzene rings is 1. The molecular weight excluding hydrogens is 298 g/mol. The maximum Gasteiger partial charge on any atom is 0.337 e. The lowest BCUT2D eigenvalue weighted by Gasteiger charge is -2.07.